The van der Waals surface area contributed by atoms with Crippen LogP contribution in [0.5, 0.6) is 0 Å². The molecule has 0 unspecified atom stereocenters. The first-order chi connectivity index (χ1) is 13.6. The van der Waals surface area contributed by atoms with Gasteiger partial charge in [0.05, 0.1) is 11.9 Å². The summed E-state index contributed by atoms with van der Waals surface area (Å²) in [6.07, 6.45) is 5.23. The number of fused-ring (bicyclic) bond motifs is 2. The quantitative estimate of drug-likeness (QED) is 0.505. The molecule has 0 radical (unpaired) electrons. The SMILES string of the molecule is CC(C)c1ccccc1-n1c(=O)[nH]c2cnc(-c3cnc4[nH]ccc4c3)nc21. The summed E-state index contributed by atoms with van der Waals surface area (Å²) in [6.45, 7) is 4.22. The lowest BCUT2D eigenvalue weighted by Gasteiger charge is -2.13. The molecule has 0 aliphatic carbocycles. The number of aromatic amines is 2. The zero-order chi connectivity index (χ0) is 19.3. The highest BCUT2D eigenvalue weighted by atomic mass is 16.1. The monoisotopic (exact) mass is 370 g/mol. The first-order valence-corrected chi connectivity index (χ1v) is 9.12. The van der Waals surface area contributed by atoms with Gasteiger partial charge in [-0.15, -0.1) is 0 Å². The predicted octanol–water partition coefficient (Wildman–Crippen LogP) is 3.78. The number of nitrogens with zero attached hydrogens (tertiary/aromatic N) is 4. The number of H-pyrrole nitrogens is 2. The third kappa shape index (κ3) is 2.51. The van der Waals surface area contributed by atoms with Crippen molar-refractivity contribution in [1.82, 2.24) is 29.5 Å². The number of imidazole rings is 1. The molecule has 0 bridgehead atoms. The van der Waals surface area contributed by atoms with Gasteiger partial charge in [-0.05, 0) is 29.7 Å². The van der Waals surface area contributed by atoms with Gasteiger partial charge in [-0.1, -0.05) is 32.0 Å². The van der Waals surface area contributed by atoms with Crippen LogP contribution in [0.15, 0.2) is 59.8 Å². The van der Waals surface area contributed by atoms with Gasteiger partial charge in [0, 0.05) is 23.3 Å². The van der Waals surface area contributed by atoms with E-state index >= 15 is 0 Å². The first kappa shape index (κ1) is 16.4. The van der Waals surface area contributed by atoms with Crippen molar-refractivity contribution in [2.75, 3.05) is 0 Å². The normalized spacial score (nSPS) is 11.7. The fraction of sp³-hybridized carbons (Fsp3) is 0.143. The minimum absolute atomic E-state index is 0.228. The standard InChI is InChI=1S/C21H18N6O/c1-12(2)15-5-3-4-6-17(15)27-20-16(25-21(27)28)11-24-19(26-20)14-9-13-7-8-22-18(13)23-10-14/h3-12H,1-2H3,(H,22,23)(H,25,28). The van der Waals surface area contributed by atoms with Gasteiger partial charge in [0.25, 0.3) is 0 Å². The highest BCUT2D eigenvalue weighted by Gasteiger charge is 2.16. The summed E-state index contributed by atoms with van der Waals surface area (Å²) in [5.41, 5.74) is 4.45. The van der Waals surface area contributed by atoms with Gasteiger partial charge in [-0.25, -0.2) is 24.3 Å². The molecule has 0 amide bonds. The number of para-hydroxylation sites is 1. The smallest absolute Gasteiger partial charge is 0.332 e. The van der Waals surface area contributed by atoms with Crippen molar-refractivity contribution in [2.45, 2.75) is 19.8 Å². The zero-order valence-electron chi connectivity index (χ0n) is 15.5. The van der Waals surface area contributed by atoms with Crippen molar-refractivity contribution < 1.29 is 0 Å². The number of hydrogen-bond acceptors (Lipinski definition) is 4. The number of pyridine rings is 1. The van der Waals surface area contributed by atoms with Crippen LogP contribution in [0.25, 0.3) is 39.3 Å². The molecule has 4 aromatic heterocycles. The van der Waals surface area contributed by atoms with E-state index in [1.807, 2.05) is 42.6 Å². The molecule has 0 fully saturated rings. The van der Waals surface area contributed by atoms with Crippen LogP contribution in [-0.4, -0.2) is 29.5 Å². The number of benzene rings is 1. The number of aromatic nitrogens is 6. The molecular formula is C21H18N6O. The van der Waals surface area contributed by atoms with Gasteiger partial charge >= 0.3 is 5.69 Å². The molecule has 0 saturated heterocycles. The second kappa shape index (κ2) is 6.16. The van der Waals surface area contributed by atoms with Crippen LogP contribution >= 0.6 is 0 Å². The summed E-state index contributed by atoms with van der Waals surface area (Å²) in [7, 11) is 0. The molecule has 138 valence electrons. The van der Waals surface area contributed by atoms with Crippen molar-refractivity contribution in [1.29, 1.82) is 0 Å². The molecular weight excluding hydrogens is 352 g/mol. The molecule has 5 rings (SSSR count). The van der Waals surface area contributed by atoms with Gasteiger partial charge in [-0.2, -0.15) is 0 Å². The average Bonchev–Trinajstić information content (AvgIpc) is 3.29. The van der Waals surface area contributed by atoms with Gasteiger partial charge in [0.1, 0.15) is 11.2 Å². The minimum atomic E-state index is -0.228. The maximum Gasteiger partial charge on any atom is 0.332 e. The van der Waals surface area contributed by atoms with Gasteiger partial charge in [0.15, 0.2) is 11.5 Å². The number of hydrogen-bond donors (Lipinski definition) is 2. The summed E-state index contributed by atoms with van der Waals surface area (Å²) in [4.78, 5) is 32.2. The largest absolute Gasteiger partial charge is 0.346 e. The van der Waals surface area contributed by atoms with Crippen molar-refractivity contribution >= 4 is 22.2 Å². The van der Waals surface area contributed by atoms with E-state index in [0.717, 1.165) is 27.8 Å². The van der Waals surface area contributed by atoms with E-state index in [-0.39, 0.29) is 11.6 Å². The van der Waals surface area contributed by atoms with Crippen molar-refractivity contribution in [3.63, 3.8) is 0 Å². The summed E-state index contributed by atoms with van der Waals surface area (Å²) in [5, 5.41) is 0.984. The zero-order valence-corrected chi connectivity index (χ0v) is 15.5. The number of nitrogens with one attached hydrogen (secondary N) is 2. The molecule has 0 saturated carbocycles. The van der Waals surface area contributed by atoms with Crippen LogP contribution in [0, 0.1) is 0 Å². The molecule has 0 atom stereocenters. The third-order valence-corrected chi connectivity index (χ3v) is 4.88. The lowest BCUT2D eigenvalue weighted by Crippen LogP contribution is -2.17. The predicted molar refractivity (Wildman–Crippen MR) is 109 cm³/mol. The molecule has 0 aliphatic rings. The lowest BCUT2D eigenvalue weighted by atomic mass is 10.0. The van der Waals surface area contributed by atoms with E-state index < -0.39 is 0 Å². The van der Waals surface area contributed by atoms with Gasteiger partial charge in [0.2, 0.25) is 0 Å². The first-order valence-electron chi connectivity index (χ1n) is 9.12. The maximum atomic E-state index is 12.7. The second-order valence-corrected chi connectivity index (χ2v) is 7.05. The summed E-state index contributed by atoms with van der Waals surface area (Å²) >= 11 is 0. The molecule has 0 aliphatic heterocycles. The summed E-state index contributed by atoms with van der Waals surface area (Å²) in [6, 6.07) is 11.8. The highest BCUT2D eigenvalue weighted by Crippen LogP contribution is 2.25. The van der Waals surface area contributed by atoms with Gasteiger partial charge < -0.3 is 9.97 Å². The summed E-state index contributed by atoms with van der Waals surface area (Å²) in [5.74, 6) is 0.799. The van der Waals surface area contributed by atoms with E-state index in [4.69, 9.17) is 4.98 Å². The van der Waals surface area contributed by atoms with Crippen LogP contribution in [-0.2, 0) is 0 Å². The van der Waals surface area contributed by atoms with Crippen LogP contribution in [0.1, 0.15) is 25.3 Å². The molecule has 1 aromatic carbocycles. The van der Waals surface area contributed by atoms with Crippen molar-refractivity contribution in [3.05, 3.63) is 71.0 Å². The fourth-order valence-electron chi connectivity index (χ4n) is 3.50. The Morgan fingerprint density at radius 1 is 1.07 bits per heavy atom. The average molecular weight is 370 g/mol. The third-order valence-electron chi connectivity index (χ3n) is 4.88. The Labute approximate surface area is 160 Å². The van der Waals surface area contributed by atoms with E-state index in [2.05, 4.69) is 33.8 Å². The molecule has 2 N–H and O–H groups in total. The molecule has 0 spiro atoms. The van der Waals surface area contributed by atoms with Crippen molar-refractivity contribution in [3.8, 4) is 17.1 Å². The molecule has 5 aromatic rings. The fourth-order valence-corrected chi connectivity index (χ4v) is 3.50. The Morgan fingerprint density at radius 2 is 1.93 bits per heavy atom. The second-order valence-electron chi connectivity index (χ2n) is 7.05. The van der Waals surface area contributed by atoms with E-state index in [1.54, 1.807) is 17.0 Å². The molecule has 7 nitrogen and oxygen atoms in total. The Balaban J connectivity index is 1.74. The van der Waals surface area contributed by atoms with E-state index in [9.17, 15) is 4.79 Å². The van der Waals surface area contributed by atoms with Crippen LogP contribution < -0.4 is 5.69 Å². The topological polar surface area (TPSA) is 92.2 Å². The van der Waals surface area contributed by atoms with Crippen molar-refractivity contribution in [2.24, 2.45) is 0 Å². The Bertz CT molecular complexity index is 1370. The minimum Gasteiger partial charge on any atom is -0.346 e. The highest BCUT2D eigenvalue weighted by molar-refractivity contribution is 5.81. The Hall–Kier alpha value is -3.74. The number of rotatable bonds is 3. The maximum absolute atomic E-state index is 12.7. The lowest BCUT2D eigenvalue weighted by molar-refractivity contribution is 0.842. The Morgan fingerprint density at radius 3 is 2.79 bits per heavy atom. The van der Waals surface area contributed by atoms with E-state index in [1.165, 1.54) is 0 Å². The Kier molecular flexibility index (Phi) is 3.61. The van der Waals surface area contributed by atoms with Crippen LogP contribution in [0.2, 0.25) is 0 Å². The van der Waals surface area contributed by atoms with Gasteiger partial charge in [-0.3, -0.25) is 0 Å². The summed E-state index contributed by atoms with van der Waals surface area (Å²) < 4.78 is 1.62. The van der Waals surface area contributed by atoms with Crippen LogP contribution in [0.4, 0.5) is 0 Å². The molecule has 28 heavy (non-hydrogen) atoms. The van der Waals surface area contributed by atoms with Crippen LogP contribution in [0.3, 0.4) is 0 Å². The molecule has 7 heteroatoms. The molecule has 4 heterocycles. The van der Waals surface area contributed by atoms with E-state index in [0.29, 0.717) is 17.0 Å².